The maximum atomic E-state index is 12.2. The average Bonchev–Trinajstić information content (AvgIpc) is 3.02. The van der Waals surface area contributed by atoms with Crippen molar-refractivity contribution in [3.8, 4) is 0 Å². The lowest BCUT2D eigenvalue weighted by Gasteiger charge is -2.16. The van der Waals surface area contributed by atoms with E-state index in [1.165, 1.54) is 0 Å². The monoisotopic (exact) mass is 366 g/mol. The summed E-state index contributed by atoms with van der Waals surface area (Å²) in [5, 5.41) is 4.76. The Labute approximate surface area is 147 Å². The minimum atomic E-state index is -3.21. The predicted molar refractivity (Wildman–Crippen MR) is 91.5 cm³/mol. The molecule has 0 bridgehead atoms. The van der Waals surface area contributed by atoms with Crippen LogP contribution in [0.4, 0.5) is 4.79 Å². The highest BCUT2D eigenvalue weighted by molar-refractivity contribution is 7.92. The number of amides is 2. The SMILES string of the molecule is O=C1NC2CS(=O)(=O)C(CCCCC(=O)OCc3ccccc3)C2N1. The lowest BCUT2D eigenvalue weighted by molar-refractivity contribution is -0.145. The molecule has 0 saturated carbocycles. The number of hydrogen-bond acceptors (Lipinski definition) is 5. The Morgan fingerprint density at radius 2 is 1.92 bits per heavy atom. The number of hydrogen-bond donors (Lipinski definition) is 2. The van der Waals surface area contributed by atoms with Crippen molar-refractivity contribution in [3.63, 3.8) is 0 Å². The highest BCUT2D eigenvalue weighted by Crippen LogP contribution is 2.28. The normalized spacial score (nSPS) is 26.6. The summed E-state index contributed by atoms with van der Waals surface area (Å²) in [6.45, 7) is 0.248. The summed E-state index contributed by atoms with van der Waals surface area (Å²) in [6.07, 6.45) is 1.87. The number of carbonyl (C=O) groups is 2. The summed E-state index contributed by atoms with van der Waals surface area (Å²) in [7, 11) is -3.21. The number of rotatable bonds is 7. The van der Waals surface area contributed by atoms with Gasteiger partial charge in [0.2, 0.25) is 0 Å². The second-order valence-electron chi connectivity index (χ2n) is 6.51. The summed E-state index contributed by atoms with van der Waals surface area (Å²) in [6, 6.07) is 8.44. The van der Waals surface area contributed by atoms with Gasteiger partial charge >= 0.3 is 12.0 Å². The lowest BCUT2D eigenvalue weighted by atomic mass is 10.0. The zero-order valence-corrected chi connectivity index (χ0v) is 14.6. The van der Waals surface area contributed by atoms with Crippen LogP contribution in [0.25, 0.3) is 0 Å². The van der Waals surface area contributed by atoms with Crippen molar-refractivity contribution < 1.29 is 22.7 Å². The van der Waals surface area contributed by atoms with Crippen LogP contribution in [0.1, 0.15) is 31.2 Å². The van der Waals surface area contributed by atoms with Crippen LogP contribution in [0.5, 0.6) is 0 Å². The molecule has 1 aromatic carbocycles. The van der Waals surface area contributed by atoms with Crippen LogP contribution < -0.4 is 10.6 Å². The zero-order chi connectivity index (χ0) is 17.9. The molecular formula is C17H22N2O5S. The number of ether oxygens (including phenoxy) is 1. The second-order valence-corrected chi connectivity index (χ2v) is 8.77. The highest BCUT2D eigenvalue weighted by atomic mass is 32.2. The molecule has 2 heterocycles. The smallest absolute Gasteiger partial charge is 0.315 e. The van der Waals surface area contributed by atoms with Gasteiger partial charge in [-0.1, -0.05) is 36.8 Å². The van der Waals surface area contributed by atoms with Gasteiger partial charge in [-0.05, 0) is 18.4 Å². The van der Waals surface area contributed by atoms with Crippen molar-refractivity contribution in [1.29, 1.82) is 0 Å². The average molecular weight is 366 g/mol. The fraction of sp³-hybridized carbons (Fsp3) is 0.529. The topological polar surface area (TPSA) is 102 Å². The van der Waals surface area contributed by atoms with Gasteiger partial charge in [-0.3, -0.25) is 4.79 Å². The van der Waals surface area contributed by atoms with E-state index in [1.54, 1.807) is 0 Å². The number of nitrogens with one attached hydrogen (secondary N) is 2. The third kappa shape index (κ3) is 4.31. The van der Waals surface area contributed by atoms with Gasteiger partial charge in [-0.2, -0.15) is 0 Å². The van der Waals surface area contributed by atoms with E-state index in [0.29, 0.717) is 19.3 Å². The van der Waals surface area contributed by atoms with Gasteiger partial charge in [0.05, 0.1) is 23.1 Å². The summed E-state index contributed by atoms with van der Waals surface area (Å²) in [5.41, 5.74) is 0.934. The van der Waals surface area contributed by atoms with Crippen molar-refractivity contribution in [2.45, 2.75) is 49.6 Å². The molecule has 3 rings (SSSR count). The van der Waals surface area contributed by atoms with Crippen LogP contribution in [0.15, 0.2) is 30.3 Å². The van der Waals surface area contributed by atoms with Gasteiger partial charge in [-0.15, -0.1) is 0 Å². The Morgan fingerprint density at radius 1 is 1.16 bits per heavy atom. The van der Waals surface area contributed by atoms with Gasteiger partial charge in [0.15, 0.2) is 9.84 Å². The number of urea groups is 1. The van der Waals surface area contributed by atoms with Gasteiger partial charge in [0.1, 0.15) is 6.61 Å². The Bertz CT molecular complexity index is 735. The number of carbonyl (C=O) groups excluding carboxylic acids is 2. The van der Waals surface area contributed by atoms with Crippen LogP contribution in [0.3, 0.4) is 0 Å². The minimum Gasteiger partial charge on any atom is -0.461 e. The fourth-order valence-corrected chi connectivity index (χ4v) is 5.70. The summed E-state index contributed by atoms with van der Waals surface area (Å²) in [5.74, 6) is -0.299. The molecule has 2 fully saturated rings. The van der Waals surface area contributed by atoms with Crippen LogP contribution in [0.2, 0.25) is 0 Å². The van der Waals surface area contributed by atoms with Gasteiger partial charge in [0, 0.05) is 6.42 Å². The number of unbranched alkanes of at least 4 members (excludes halogenated alkanes) is 1. The standard InChI is InChI=1S/C17H22N2O5S/c20-15(24-10-12-6-2-1-3-7-12)9-5-4-8-14-16-13(11-25(14,22)23)18-17(21)19-16/h1-3,6-7,13-14,16H,4-5,8-11H2,(H2,18,19,21). The first kappa shape index (κ1) is 17.7. The van der Waals surface area contributed by atoms with Crippen molar-refractivity contribution in [3.05, 3.63) is 35.9 Å². The number of esters is 1. The van der Waals surface area contributed by atoms with Crippen LogP contribution in [0, 0.1) is 0 Å². The Kier molecular flexibility index (Phi) is 5.27. The van der Waals surface area contributed by atoms with E-state index in [4.69, 9.17) is 4.74 Å². The van der Waals surface area contributed by atoms with Crippen molar-refractivity contribution in [1.82, 2.24) is 10.6 Å². The quantitative estimate of drug-likeness (QED) is 0.428. The first-order valence-electron chi connectivity index (χ1n) is 8.44. The van der Waals surface area contributed by atoms with Gasteiger partial charge in [-0.25, -0.2) is 13.2 Å². The second kappa shape index (κ2) is 7.43. The van der Waals surface area contributed by atoms with E-state index in [2.05, 4.69) is 10.6 Å². The largest absolute Gasteiger partial charge is 0.461 e. The maximum Gasteiger partial charge on any atom is 0.315 e. The van der Waals surface area contributed by atoms with E-state index >= 15 is 0 Å². The predicted octanol–water partition coefficient (Wildman–Crippen LogP) is 1.14. The molecule has 0 aromatic heterocycles. The number of fused-ring (bicyclic) bond motifs is 1. The first-order chi connectivity index (χ1) is 12.0. The molecule has 136 valence electrons. The lowest BCUT2D eigenvalue weighted by Crippen LogP contribution is -2.39. The molecule has 2 amide bonds. The van der Waals surface area contributed by atoms with E-state index in [9.17, 15) is 18.0 Å². The van der Waals surface area contributed by atoms with E-state index in [0.717, 1.165) is 5.56 Å². The van der Waals surface area contributed by atoms with Crippen LogP contribution >= 0.6 is 0 Å². The molecule has 7 nitrogen and oxygen atoms in total. The molecule has 0 spiro atoms. The van der Waals surface area contributed by atoms with Gasteiger partial charge < -0.3 is 15.4 Å². The molecule has 0 radical (unpaired) electrons. The van der Waals surface area contributed by atoms with E-state index in [1.807, 2.05) is 30.3 Å². The molecule has 1 aromatic rings. The summed E-state index contributed by atoms with van der Waals surface area (Å²) in [4.78, 5) is 23.1. The Morgan fingerprint density at radius 3 is 2.68 bits per heavy atom. The van der Waals surface area contributed by atoms with Gasteiger partial charge in [0.25, 0.3) is 0 Å². The molecule has 0 aliphatic carbocycles. The molecule has 2 aliphatic rings. The maximum absolute atomic E-state index is 12.2. The summed E-state index contributed by atoms with van der Waals surface area (Å²) < 4.78 is 29.6. The van der Waals surface area contributed by atoms with Crippen molar-refractivity contribution in [2.75, 3.05) is 5.75 Å². The first-order valence-corrected chi connectivity index (χ1v) is 10.2. The molecule has 3 atom stereocenters. The fourth-order valence-electron chi connectivity index (χ4n) is 3.43. The molecule has 25 heavy (non-hydrogen) atoms. The third-order valence-electron chi connectivity index (χ3n) is 4.68. The molecule has 2 aliphatic heterocycles. The molecule has 2 saturated heterocycles. The Balaban J connectivity index is 1.39. The summed E-state index contributed by atoms with van der Waals surface area (Å²) >= 11 is 0. The number of benzene rings is 1. The van der Waals surface area contributed by atoms with Crippen LogP contribution in [-0.4, -0.2) is 43.5 Å². The number of sulfone groups is 1. The molecule has 8 heteroatoms. The highest BCUT2D eigenvalue weighted by Gasteiger charge is 2.51. The Hall–Kier alpha value is -2.09. The molecule has 2 N–H and O–H groups in total. The van der Waals surface area contributed by atoms with Crippen molar-refractivity contribution in [2.24, 2.45) is 0 Å². The minimum absolute atomic E-state index is 0.0137. The van der Waals surface area contributed by atoms with Crippen LogP contribution in [-0.2, 0) is 26.0 Å². The third-order valence-corrected chi connectivity index (χ3v) is 6.96. The zero-order valence-electron chi connectivity index (χ0n) is 13.8. The molecule has 3 unspecified atom stereocenters. The molecular weight excluding hydrogens is 344 g/mol. The van der Waals surface area contributed by atoms with E-state index < -0.39 is 15.1 Å². The van der Waals surface area contributed by atoms with Crippen molar-refractivity contribution >= 4 is 21.8 Å². The van der Waals surface area contributed by atoms with E-state index in [-0.39, 0.29) is 42.9 Å².